The van der Waals surface area contributed by atoms with Crippen molar-refractivity contribution in [2.24, 2.45) is 0 Å². The smallest absolute Gasteiger partial charge is 0.351 e. The molecule has 4 nitrogen and oxygen atoms in total. The van der Waals surface area contributed by atoms with Crippen LogP contribution in [0.4, 0.5) is 4.39 Å². The summed E-state index contributed by atoms with van der Waals surface area (Å²) in [6.45, 7) is 2.41. The molecule has 1 heterocycles. The van der Waals surface area contributed by atoms with Gasteiger partial charge in [0.25, 0.3) is 5.67 Å². The van der Waals surface area contributed by atoms with Crippen LogP contribution in [0.3, 0.4) is 0 Å². The zero-order chi connectivity index (χ0) is 10.6. The van der Waals surface area contributed by atoms with E-state index < -0.39 is 17.4 Å². The second-order valence-corrected chi connectivity index (χ2v) is 3.19. The molecule has 1 fully saturated rings. The lowest BCUT2D eigenvalue weighted by molar-refractivity contribution is -0.162. The summed E-state index contributed by atoms with van der Waals surface area (Å²) in [5.74, 6) is -1.73. The van der Waals surface area contributed by atoms with Crippen LogP contribution in [-0.2, 0) is 14.3 Å². The molecule has 0 spiro atoms. The molecule has 80 valence electrons. The first-order chi connectivity index (χ1) is 6.61. The third-order valence-electron chi connectivity index (χ3n) is 2.22. The van der Waals surface area contributed by atoms with Gasteiger partial charge in [0, 0.05) is 19.4 Å². The Morgan fingerprint density at radius 2 is 2.36 bits per heavy atom. The number of hydrogen-bond donors (Lipinski definition) is 1. The number of carbonyl (C=O) groups is 2. The molecule has 14 heavy (non-hydrogen) atoms. The zero-order valence-electron chi connectivity index (χ0n) is 8.14. The van der Waals surface area contributed by atoms with Crippen LogP contribution in [0.1, 0.15) is 19.8 Å². The van der Waals surface area contributed by atoms with E-state index in [0.29, 0.717) is 13.1 Å². The number of rotatable bonds is 2. The van der Waals surface area contributed by atoms with Crippen molar-refractivity contribution in [3.05, 3.63) is 0 Å². The molecule has 0 aliphatic carbocycles. The molecular formula is C9H14FNO3. The number of ether oxygens (including phenoxy) is 1. The Kier molecular flexibility index (Phi) is 3.57. The van der Waals surface area contributed by atoms with Crippen LogP contribution in [-0.4, -0.2) is 37.1 Å². The normalized spacial score (nSPS) is 28.3. The van der Waals surface area contributed by atoms with Crippen molar-refractivity contribution < 1.29 is 18.7 Å². The van der Waals surface area contributed by atoms with E-state index >= 15 is 0 Å². The third-order valence-corrected chi connectivity index (χ3v) is 2.22. The first kappa shape index (κ1) is 11.1. The Balaban J connectivity index is 2.76. The molecule has 0 radical (unpaired) electrons. The van der Waals surface area contributed by atoms with Crippen molar-refractivity contribution in [2.75, 3.05) is 19.7 Å². The van der Waals surface area contributed by atoms with Gasteiger partial charge in [-0.3, -0.25) is 4.79 Å². The van der Waals surface area contributed by atoms with E-state index in [0.717, 1.165) is 0 Å². The minimum absolute atomic E-state index is 0.0370. The topological polar surface area (TPSA) is 55.4 Å². The molecule has 1 saturated heterocycles. The number of Topliss-reactive ketones (excluding diaryl/α,β-unsaturated/α-hetero) is 1. The van der Waals surface area contributed by atoms with Gasteiger partial charge in [-0.25, -0.2) is 9.18 Å². The predicted molar refractivity (Wildman–Crippen MR) is 47.6 cm³/mol. The van der Waals surface area contributed by atoms with Crippen molar-refractivity contribution >= 4 is 11.8 Å². The van der Waals surface area contributed by atoms with E-state index in [1.54, 1.807) is 6.92 Å². The van der Waals surface area contributed by atoms with E-state index in [4.69, 9.17) is 0 Å². The van der Waals surface area contributed by atoms with Gasteiger partial charge >= 0.3 is 5.97 Å². The van der Waals surface area contributed by atoms with Crippen molar-refractivity contribution in [2.45, 2.75) is 25.4 Å². The van der Waals surface area contributed by atoms with Crippen LogP contribution >= 0.6 is 0 Å². The average Bonchev–Trinajstić information content (AvgIpc) is 2.31. The Morgan fingerprint density at radius 1 is 1.64 bits per heavy atom. The number of alkyl halides is 1. The number of halogens is 1. The Labute approximate surface area is 81.8 Å². The fraction of sp³-hybridized carbons (Fsp3) is 0.778. The van der Waals surface area contributed by atoms with E-state index in [2.05, 4.69) is 10.1 Å². The van der Waals surface area contributed by atoms with Gasteiger partial charge in [-0.2, -0.15) is 0 Å². The average molecular weight is 203 g/mol. The van der Waals surface area contributed by atoms with Crippen molar-refractivity contribution in [3.8, 4) is 0 Å². The van der Waals surface area contributed by atoms with Crippen molar-refractivity contribution in [1.82, 2.24) is 5.32 Å². The predicted octanol–water partition coefficient (Wildman–Crippen LogP) is 0.210. The highest BCUT2D eigenvalue weighted by molar-refractivity contribution is 6.07. The minimum Gasteiger partial charge on any atom is -0.463 e. The summed E-state index contributed by atoms with van der Waals surface area (Å²) in [5.41, 5.74) is -2.43. The molecule has 0 amide bonds. The minimum atomic E-state index is -2.43. The highest BCUT2D eigenvalue weighted by atomic mass is 19.1. The molecule has 1 unspecified atom stereocenters. The summed E-state index contributed by atoms with van der Waals surface area (Å²) in [6, 6.07) is 0. The molecule has 1 rings (SSSR count). The molecule has 5 heteroatoms. The quantitative estimate of drug-likeness (QED) is 0.515. The second kappa shape index (κ2) is 4.50. The number of ketones is 1. The maximum atomic E-state index is 13.9. The van der Waals surface area contributed by atoms with Gasteiger partial charge in [0.1, 0.15) is 0 Å². The monoisotopic (exact) mass is 203 g/mol. The summed E-state index contributed by atoms with van der Waals surface area (Å²) >= 11 is 0. The van der Waals surface area contributed by atoms with Gasteiger partial charge in [0.15, 0.2) is 5.78 Å². The van der Waals surface area contributed by atoms with Crippen molar-refractivity contribution in [1.29, 1.82) is 0 Å². The lowest BCUT2D eigenvalue weighted by Gasteiger charge is -2.18. The molecule has 0 aromatic heterocycles. The van der Waals surface area contributed by atoms with Crippen LogP contribution in [0, 0.1) is 0 Å². The van der Waals surface area contributed by atoms with E-state index in [1.165, 1.54) is 0 Å². The molecular weight excluding hydrogens is 189 g/mol. The van der Waals surface area contributed by atoms with Gasteiger partial charge in [-0.15, -0.1) is 0 Å². The molecule has 1 atom stereocenters. The summed E-state index contributed by atoms with van der Waals surface area (Å²) in [6.07, 6.45) is -0.0972. The summed E-state index contributed by atoms with van der Waals surface area (Å²) in [5, 5.41) is 2.86. The zero-order valence-corrected chi connectivity index (χ0v) is 8.14. The van der Waals surface area contributed by atoms with Gasteiger partial charge in [0.2, 0.25) is 0 Å². The molecule has 0 aromatic carbocycles. The Bertz CT molecular complexity index is 244. The lowest BCUT2D eigenvalue weighted by Crippen LogP contribution is -2.43. The standard InChI is InChI=1S/C9H14FNO3/c1-2-14-8(13)9(10)4-6-11-5-3-7(9)12/h11H,2-6H2,1H3. The fourth-order valence-corrected chi connectivity index (χ4v) is 1.39. The lowest BCUT2D eigenvalue weighted by atomic mass is 9.96. The molecule has 1 aliphatic rings. The van der Waals surface area contributed by atoms with Crippen LogP contribution in [0.2, 0.25) is 0 Å². The first-order valence-corrected chi connectivity index (χ1v) is 4.71. The maximum Gasteiger partial charge on any atom is 0.351 e. The van der Waals surface area contributed by atoms with E-state index in [1.807, 2.05) is 0 Å². The largest absolute Gasteiger partial charge is 0.463 e. The molecule has 0 saturated carbocycles. The number of carbonyl (C=O) groups excluding carboxylic acids is 2. The number of hydrogen-bond acceptors (Lipinski definition) is 4. The highest BCUT2D eigenvalue weighted by Crippen LogP contribution is 2.22. The first-order valence-electron chi connectivity index (χ1n) is 4.71. The molecule has 1 aliphatic heterocycles. The number of nitrogens with one attached hydrogen (secondary N) is 1. The SMILES string of the molecule is CCOC(=O)C1(F)CCNCCC1=O. The van der Waals surface area contributed by atoms with Gasteiger partial charge < -0.3 is 10.1 Å². The third kappa shape index (κ3) is 2.09. The van der Waals surface area contributed by atoms with Gasteiger partial charge in [-0.1, -0.05) is 0 Å². The van der Waals surface area contributed by atoms with Crippen molar-refractivity contribution in [3.63, 3.8) is 0 Å². The summed E-state index contributed by atoms with van der Waals surface area (Å²) in [4.78, 5) is 22.6. The molecule has 1 N–H and O–H groups in total. The van der Waals surface area contributed by atoms with Gasteiger partial charge in [-0.05, 0) is 13.5 Å². The summed E-state index contributed by atoms with van der Waals surface area (Å²) in [7, 11) is 0. The molecule has 0 aromatic rings. The fourth-order valence-electron chi connectivity index (χ4n) is 1.39. The Hall–Kier alpha value is -0.970. The second-order valence-electron chi connectivity index (χ2n) is 3.19. The van der Waals surface area contributed by atoms with Crippen LogP contribution in [0.15, 0.2) is 0 Å². The number of esters is 1. The van der Waals surface area contributed by atoms with Crippen LogP contribution < -0.4 is 5.32 Å². The van der Waals surface area contributed by atoms with E-state index in [9.17, 15) is 14.0 Å². The highest BCUT2D eigenvalue weighted by Gasteiger charge is 2.47. The maximum absolute atomic E-state index is 13.9. The Morgan fingerprint density at radius 3 is 3.00 bits per heavy atom. The summed E-state index contributed by atoms with van der Waals surface area (Å²) < 4.78 is 18.5. The molecule has 0 bridgehead atoms. The van der Waals surface area contributed by atoms with Crippen LogP contribution in [0.5, 0.6) is 0 Å². The van der Waals surface area contributed by atoms with Crippen LogP contribution in [0.25, 0.3) is 0 Å². The van der Waals surface area contributed by atoms with Gasteiger partial charge in [0.05, 0.1) is 6.61 Å². The van der Waals surface area contributed by atoms with E-state index in [-0.39, 0.29) is 19.4 Å².